The summed E-state index contributed by atoms with van der Waals surface area (Å²) in [7, 11) is 2.12. The van der Waals surface area contributed by atoms with Crippen LogP contribution in [0.4, 0.5) is 0 Å². The number of rotatable bonds is 3. The third-order valence-corrected chi connectivity index (χ3v) is 6.67. The number of piperazine rings is 1. The number of hydrogen-bond acceptors (Lipinski definition) is 5. The zero-order valence-electron chi connectivity index (χ0n) is 16.2. The molecule has 4 N–H and O–H groups in total. The summed E-state index contributed by atoms with van der Waals surface area (Å²) < 4.78 is 0. The number of para-hydroxylation sites is 1. The first kappa shape index (κ1) is 19.0. The molecule has 0 aliphatic carbocycles. The number of carbonyl (C=O) groups is 1. The van der Waals surface area contributed by atoms with Gasteiger partial charge in [-0.05, 0) is 50.2 Å². The van der Waals surface area contributed by atoms with Gasteiger partial charge in [-0.25, -0.2) is 0 Å². The molecule has 3 aliphatic rings. The second-order valence-electron chi connectivity index (χ2n) is 7.79. The minimum absolute atomic E-state index is 0.0990. The number of hydrogen-bond donors (Lipinski definition) is 4. The number of fused-ring (bicyclic) bond motifs is 3. The highest BCUT2D eigenvalue weighted by molar-refractivity contribution is 8.27. The lowest BCUT2D eigenvalue weighted by atomic mass is 9.89. The van der Waals surface area contributed by atoms with Crippen molar-refractivity contribution >= 4 is 38.8 Å². The van der Waals surface area contributed by atoms with Crippen LogP contribution >= 0.6 is 11.8 Å². The fourth-order valence-corrected chi connectivity index (χ4v) is 4.76. The summed E-state index contributed by atoms with van der Waals surface area (Å²) in [6.07, 6.45) is 3.85. The Morgan fingerprint density at radius 1 is 1.32 bits per heavy atom. The number of piperidine rings is 1. The molecular weight excluding hydrogens is 372 g/mol. The number of nitrogens with one attached hydrogen (secondary N) is 4. The second-order valence-corrected chi connectivity index (χ2v) is 8.79. The van der Waals surface area contributed by atoms with Crippen molar-refractivity contribution in [3.8, 4) is 0 Å². The predicted octanol–water partition coefficient (Wildman–Crippen LogP) is 2.25. The molecule has 3 saturated heterocycles. The Labute approximate surface area is 168 Å². The summed E-state index contributed by atoms with van der Waals surface area (Å²) in [5, 5.41) is 20.6. The highest BCUT2D eigenvalue weighted by Crippen LogP contribution is 2.31. The van der Waals surface area contributed by atoms with Gasteiger partial charge in [0.25, 0.3) is 5.91 Å². The maximum absolute atomic E-state index is 12.4. The molecule has 148 valence electrons. The minimum atomic E-state index is -0.415. The monoisotopic (exact) mass is 398 g/mol. The molecule has 2 bridgehead atoms. The summed E-state index contributed by atoms with van der Waals surface area (Å²) in [4.78, 5) is 20.0. The number of amidine groups is 1. The Morgan fingerprint density at radius 3 is 2.75 bits per heavy atom. The molecule has 3 aliphatic heterocycles. The smallest absolute Gasteiger partial charge is 0.276 e. The Bertz CT molecular complexity index is 912. The first-order valence-electron chi connectivity index (χ1n) is 9.60. The van der Waals surface area contributed by atoms with E-state index in [-0.39, 0.29) is 11.1 Å². The molecule has 1 aromatic heterocycles. The Hall–Kier alpha value is -2.32. The molecule has 0 saturated carbocycles. The van der Waals surface area contributed by atoms with Crippen LogP contribution in [-0.4, -0.2) is 69.2 Å². The van der Waals surface area contributed by atoms with Gasteiger partial charge in [0.2, 0.25) is 0 Å². The molecule has 4 heterocycles. The Morgan fingerprint density at radius 2 is 2.04 bits per heavy atom. The number of thioether (sulfide) groups is 1. The fraction of sp³-hybridized carbons (Fsp3) is 0.450. The van der Waals surface area contributed by atoms with Crippen molar-refractivity contribution in [2.24, 2.45) is 0 Å². The van der Waals surface area contributed by atoms with Crippen LogP contribution in [0.3, 0.4) is 0 Å². The normalized spacial score (nSPS) is 22.6. The first-order chi connectivity index (χ1) is 13.4. The molecule has 1 aromatic carbocycles. The van der Waals surface area contributed by atoms with E-state index in [1.54, 1.807) is 0 Å². The van der Waals surface area contributed by atoms with Crippen molar-refractivity contribution in [1.82, 2.24) is 20.1 Å². The van der Waals surface area contributed by atoms with E-state index in [9.17, 15) is 4.79 Å². The van der Waals surface area contributed by atoms with Gasteiger partial charge in [0.1, 0.15) is 0 Å². The van der Waals surface area contributed by atoms with Crippen LogP contribution in [0, 0.1) is 10.8 Å². The number of amides is 1. The van der Waals surface area contributed by atoms with Crippen LogP contribution in [0.2, 0.25) is 0 Å². The summed E-state index contributed by atoms with van der Waals surface area (Å²) in [5.74, 6) is -0.415. The van der Waals surface area contributed by atoms with Gasteiger partial charge in [-0.3, -0.25) is 20.5 Å². The van der Waals surface area contributed by atoms with Gasteiger partial charge in [0, 0.05) is 48.3 Å². The Balaban J connectivity index is 1.28. The van der Waals surface area contributed by atoms with E-state index in [0.29, 0.717) is 23.7 Å². The molecule has 28 heavy (non-hydrogen) atoms. The number of nitrogens with zero attached hydrogens (tertiary/aromatic N) is 2. The average molecular weight is 399 g/mol. The number of likely N-dealkylation sites (N-methyl/N-ethyl adjacent to an activating group) is 1. The summed E-state index contributed by atoms with van der Waals surface area (Å²) in [6, 6.07) is 8.99. The zero-order chi connectivity index (χ0) is 19.8. The van der Waals surface area contributed by atoms with Crippen LogP contribution < -0.4 is 5.32 Å². The van der Waals surface area contributed by atoms with Crippen LogP contribution in [0.1, 0.15) is 18.9 Å². The third kappa shape index (κ3) is 3.66. The van der Waals surface area contributed by atoms with Gasteiger partial charge >= 0.3 is 0 Å². The van der Waals surface area contributed by atoms with Crippen molar-refractivity contribution in [1.29, 1.82) is 10.8 Å². The van der Waals surface area contributed by atoms with E-state index in [0.717, 1.165) is 41.3 Å². The SMILES string of the molecule is CC(Cc1c[nH]c2ccccc12)NC(=O)C(=N)SC(=N)N1CC2CC(C1)N2C. The standard InChI is InChI=1S/C20H26N6OS/c1-12(7-13-9-23-17-6-4-3-5-16(13)17)24-19(27)18(21)28-20(22)26-10-14-8-15(11-26)25(14)2/h3-6,9,12,14-15,21-23H,7-8,10-11H2,1-2H3,(H,24,27). The lowest BCUT2D eigenvalue weighted by Crippen LogP contribution is -2.67. The fourth-order valence-electron chi connectivity index (χ4n) is 4.14. The number of carbonyl (C=O) groups excluding carboxylic acids is 1. The van der Waals surface area contributed by atoms with Gasteiger partial charge < -0.3 is 15.2 Å². The van der Waals surface area contributed by atoms with Gasteiger partial charge in [-0.2, -0.15) is 0 Å². The molecule has 8 heteroatoms. The molecule has 3 unspecified atom stereocenters. The highest BCUT2D eigenvalue weighted by Gasteiger charge is 2.43. The molecule has 1 amide bonds. The molecule has 3 atom stereocenters. The van der Waals surface area contributed by atoms with Crippen molar-refractivity contribution in [2.45, 2.75) is 37.9 Å². The predicted molar refractivity (Wildman–Crippen MR) is 114 cm³/mol. The quantitative estimate of drug-likeness (QED) is 0.471. The van der Waals surface area contributed by atoms with Crippen molar-refractivity contribution in [3.05, 3.63) is 36.0 Å². The lowest BCUT2D eigenvalue weighted by molar-refractivity contribution is -0.115. The number of H-pyrrole nitrogens is 1. The Kier molecular flexibility index (Phi) is 5.16. The number of aromatic amines is 1. The average Bonchev–Trinajstić information content (AvgIpc) is 3.10. The maximum Gasteiger partial charge on any atom is 0.276 e. The van der Waals surface area contributed by atoms with Crippen LogP contribution in [0.15, 0.2) is 30.5 Å². The van der Waals surface area contributed by atoms with E-state index in [2.05, 4.69) is 28.3 Å². The van der Waals surface area contributed by atoms with Crippen molar-refractivity contribution < 1.29 is 4.79 Å². The zero-order valence-corrected chi connectivity index (χ0v) is 17.0. The van der Waals surface area contributed by atoms with E-state index in [4.69, 9.17) is 10.8 Å². The third-order valence-electron chi connectivity index (χ3n) is 5.83. The van der Waals surface area contributed by atoms with Crippen LogP contribution in [0.5, 0.6) is 0 Å². The van der Waals surface area contributed by atoms with E-state index in [1.807, 2.05) is 36.2 Å². The molecular formula is C20H26N6OS. The maximum atomic E-state index is 12.4. The number of aromatic nitrogens is 1. The van der Waals surface area contributed by atoms with Gasteiger partial charge in [-0.15, -0.1) is 0 Å². The van der Waals surface area contributed by atoms with Gasteiger partial charge in [0.05, 0.1) is 0 Å². The molecule has 0 spiro atoms. The second kappa shape index (κ2) is 7.60. The topological polar surface area (TPSA) is 99.1 Å². The van der Waals surface area contributed by atoms with E-state index < -0.39 is 5.91 Å². The first-order valence-corrected chi connectivity index (χ1v) is 10.4. The van der Waals surface area contributed by atoms with Gasteiger partial charge in [0.15, 0.2) is 10.2 Å². The molecule has 2 aromatic rings. The van der Waals surface area contributed by atoms with E-state index >= 15 is 0 Å². The minimum Gasteiger partial charge on any atom is -0.361 e. The van der Waals surface area contributed by atoms with Crippen LogP contribution in [-0.2, 0) is 11.2 Å². The summed E-state index contributed by atoms with van der Waals surface area (Å²) in [6.45, 7) is 3.56. The summed E-state index contributed by atoms with van der Waals surface area (Å²) in [5.41, 5.74) is 2.23. The number of benzene rings is 1. The van der Waals surface area contributed by atoms with Crippen molar-refractivity contribution in [2.75, 3.05) is 20.1 Å². The largest absolute Gasteiger partial charge is 0.361 e. The lowest BCUT2D eigenvalue weighted by Gasteiger charge is -2.55. The van der Waals surface area contributed by atoms with E-state index in [1.165, 1.54) is 6.42 Å². The molecule has 7 nitrogen and oxygen atoms in total. The van der Waals surface area contributed by atoms with Crippen LogP contribution in [0.25, 0.3) is 10.9 Å². The van der Waals surface area contributed by atoms with Crippen molar-refractivity contribution in [3.63, 3.8) is 0 Å². The summed E-state index contributed by atoms with van der Waals surface area (Å²) >= 11 is 0.946. The highest BCUT2D eigenvalue weighted by atomic mass is 32.2. The van der Waals surface area contributed by atoms with Gasteiger partial charge in [-0.1, -0.05) is 18.2 Å². The molecule has 5 rings (SSSR count). The molecule has 3 fully saturated rings. The molecule has 0 radical (unpaired) electrons.